The van der Waals surface area contributed by atoms with E-state index in [1.54, 1.807) is 6.07 Å². The van der Waals surface area contributed by atoms with Gasteiger partial charge in [-0.05, 0) is 43.0 Å². The minimum Gasteiger partial charge on any atom is -0.313 e. The molecule has 0 aromatic heterocycles. The summed E-state index contributed by atoms with van der Waals surface area (Å²) in [7, 11) is -3.72. The highest BCUT2D eigenvalue weighted by Crippen LogP contribution is 2.25. The van der Waals surface area contributed by atoms with Crippen LogP contribution in [0.25, 0.3) is 0 Å². The molecule has 1 N–H and O–H groups in total. The van der Waals surface area contributed by atoms with Crippen LogP contribution < -0.4 is 5.32 Å². The molecule has 1 saturated heterocycles. The topological polar surface area (TPSA) is 49.4 Å². The zero-order valence-corrected chi connectivity index (χ0v) is 13.4. The number of piperidine rings is 1. The summed E-state index contributed by atoms with van der Waals surface area (Å²) in [5.41, 5.74) is 0.751. The van der Waals surface area contributed by atoms with Crippen molar-refractivity contribution in [1.82, 2.24) is 9.62 Å². The van der Waals surface area contributed by atoms with Gasteiger partial charge in [0.05, 0.1) is 0 Å². The molecule has 1 heterocycles. The molecule has 0 saturated carbocycles. The van der Waals surface area contributed by atoms with Gasteiger partial charge < -0.3 is 5.32 Å². The number of benzene rings is 1. The Morgan fingerprint density at radius 1 is 1.33 bits per heavy atom. The molecule has 0 atom stereocenters. The maximum atomic E-state index is 14.2. The summed E-state index contributed by atoms with van der Waals surface area (Å²) in [5.74, 6) is -0.132. The Kier molecular flexibility index (Phi) is 5.35. The van der Waals surface area contributed by atoms with Crippen LogP contribution in [0.4, 0.5) is 4.39 Å². The van der Waals surface area contributed by atoms with Crippen molar-refractivity contribution in [3.05, 3.63) is 29.6 Å². The lowest BCUT2D eigenvalue weighted by molar-refractivity contribution is 0.287. The van der Waals surface area contributed by atoms with Crippen LogP contribution in [0.5, 0.6) is 0 Å². The Morgan fingerprint density at radius 3 is 2.57 bits per heavy atom. The number of rotatable bonds is 5. The zero-order chi connectivity index (χ0) is 15.5. The summed E-state index contributed by atoms with van der Waals surface area (Å²) in [6.45, 7) is 6.35. The van der Waals surface area contributed by atoms with Gasteiger partial charge in [-0.1, -0.05) is 19.9 Å². The lowest BCUT2D eigenvalue weighted by Crippen LogP contribution is -2.38. The molecule has 0 radical (unpaired) electrons. The second-order valence-corrected chi connectivity index (χ2v) is 7.54. The van der Waals surface area contributed by atoms with E-state index in [1.165, 1.54) is 16.4 Å². The lowest BCUT2D eigenvalue weighted by atomic mass is 10.0. The largest absolute Gasteiger partial charge is 0.313 e. The SMILES string of the molecule is CCNCc1ccc(S(=O)(=O)N2CCC(C)CC2)c(F)c1. The van der Waals surface area contributed by atoms with E-state index < -0.39 is 15.8 Å². The quantitative estimate of drug-likeness (QED) is 0.907. The molecule has 1 fully saturated rings. The second kappa shape index (κ2) is 6.85. The van der Waals surface area contributed by atoms with Gasteiger partial charge >= 0.3 is 0 Å². The van der Waals surface area contributed by atoms with Crippen molar-refractivity contribution in [3.63, 3.8) is 0 Å². The van der Waals surface area contributed by atoms with E-state index in [0.29, 0.717) is 25.6 Å². The van der Waals surface area contributed by atoms with Crippen molar-refractivity contribution in [2.75, 3.05) is 19.6 Å². The third-order valence-electron chi connectivity index (χ3n) is 3.94. The number of nitrogens with zero attached hydrogens (tertiary/aromatic N) is 1. The van der Waals surface area contributed by atoms with E-state index in [2.05, 4.69) is 12.2 Å². The fourth-order valence-electron chi connectivity index (χ4n) is 2.50. The van der Waals surface area contributed by atoms with Crippen LogP contribution in [-0.4, -0.2) is 32.4 Å². The van der Waals surface area contributed by atoms with Crippen molar-refractivity contribution < 1.29 is 12.8 Å². The maximum absolute atomic E-state index is 14.2. The van der Waals surface area contributed by atoms with Crippen LogP contribution in [0.2, 0.25) is 0 Å². The molecule has 21 heavy (non-hydrogen) atoms. The van der Waals surface area contributed by atoms with Gasteiger partial charge in [-0.2, -0.15) is 4.31 Å². The number of nitrogens with one attached hydrogen (secondary N) is 1. The monoisotopic (exact) mass is 314 g/mol. The van der Waals surface area contributed by atoms with Gasteiger partial charge in [0.2, 0.25) is 10.0 Å². The summed E-state index contributed by atoms with van der Waals surface area (Å²) < 4.78 is 40.6. The third-order valence-corrected chi connectivity index (χ3v) is 5.87. The van der Waals surface area contributed by atoms with Gasteiger partial charge in [0.25, 0.3) is 0 Å². The lowest BCUT2D eigenvalue weighted by Gasteiger charge is -2.29. The van der Waals surface area contributed by atoms with E-state index in [1.807, 2.05) is 6.92 Å². The molecule has 1 aromatic carbocycles. The fourth-order valence-corrected chi connectivity index (χ4v) is 4.01. The Labute approximate surface area is 126 Å². The van der Waals surface area contributed by atoms with Crippen molar-refractivity contribution in [2.45, 2.75) is 38.1 Å². The Bertz CT molecular complexity index is 581. The van der Waals surface area contributed by atoms with E-state index >= 15 is 0 Å². The standard InChI is InChI=1S/C15H23FN2O2S/c1-3-17-11-13-4-5-15(14(16)10-13)21(19,20)18-8-6-12(2)7-9-18/h4-5,10,12,17H,3,6-9,11H2,1-2H3. The smallest absolute Gasteiger partial charge is 0.245 e. The number of hydrogen-bond donors (Lipinski definition) is 1. The van der Waals surface area contributed by atoms with Gasteiger partial charge in [-0.25, -0.2) is 12.8 Å². The molecule has 0 unspecified atom stereocenters. The average Bonchev–Trinajstić information content (AvgIpc) is 2.45. The van der Waals surface area contributed by atoms with Crippen LogP contribution >= 0.6 is 0 Å². The molecule has 0 spiro atoms. The molecule has 2 rings (SSSR count). The van der Waals surface area contributed by atoms with Crippen molar-refractivity contribution in [3.8, 4) is 0 Å². The zero-order valence-electron chi connectivity index (χ0n) is 12.6. The average molecular weight is 314 g/mol. The molecular formula is C15H23FN2O2S. The molecule has 1 aliphatic rings. The van der Waals surface area contributed by atoms with Gasteiger partial charge in [-0.15, -0.1) is 0 Å². The van der Waals surface area contributed by atoms with E-state index in [0.717, 1.165) is 24.9 Å². The van der Waals surface area contributed by atoms with Crippen LogP contribution in [0.1, 0.15) is 32.3 Å². The molecule has 118 valence electrons. The van der Waals surface area contributed by atoms with Crippen molar-refractivity contribution in [2.24, 2.45) is 5.92 Å². The molecule has 0 aliphatic carbocycles. The Morgan fingerprint density at radius 2 is 2.00 bits per heavy atom. The van der Waals surface area contributed by atoms with E-state index in [4.69, 9.17) is 0 Å². The highest BCUT2D eigenvalue weighted by atomic mass is 32.2. The highest BCUT2D eigenvalue weighted by molar-refractivity contribution is 7.89. The highest BCUT2D eigenvalue weighted by Gasteiger charge is 2.30. The Balaban J connectivity index is 2.20. The molecule has 0 bridgehead atoms. The number of hydrogen-bond acceptors (Lipinski definition) is 3. The van der Waals surface area contributed by atoms with Crippen LogP contribution in [0.3, 0.4) is 0 Å². The third kappa shape index (κ3) is 3.81. The molecule has 6 heteroatoms. The summed E-state index contributed by atoms with van der Waals surface area (Å²) >= 11 is 0. The first-order valence-corrected chi connectivity index (χ1v) is 8.88. The summed E-state index contributed by atoms with van der Waals surface area (Å²) in [4.78, 5) is -0.211. The van der Waals surface area contributed by atoms with Crippen molar-refractivity contribution in [1.29, 1.82) is 0 Å². The van der Waals surface area contributed by atoms with Gasteiger partial charge in [-0.3, -0.25) is 0 Å². The van der Waals surface area contributed by atoms with Crippen molar-refractivity contribution >= 4 is 10.0 Å². The number of halogens is 1. The summed E-state index contributed by atoms with van der Waals surface area (Å²) in [6.07, 6.45) is 1.67. The molecule has 1 aromatic rings. The van der Waals surface area contributed by atoms with E-state index in [9.17, 15) is 12.8 Å². The van der Waals surface area contributed by atoms with Gasteiger partial charge in [0.15, 0.2) is 0 Å². The summed E-state index contributed by atoms with van der Waals surface area (Å²) in [6, 6.07) is 4.36. The second-order valence-electron chi connectivity index (χ2n) is 5.63. The van der Waals surface area contributed by atoms with Crippen LogP contribution in [0, 0.1) is 11.7 Å². The first-order valence-electron chi connectivity index (χ1n) is 7.44. The molecule has 4 nitrogen and oxygen atoms in total. The predicted molar refractivity (Wildman–Crippen MR) is 80.9 cm³/mol. The molecule has 1 aliphatic heterocycles. The first-order chi connectivity index (χ1) is 9.95. The number of sulfonamides is 1. The van der Waals surface area contributed by atoms with Crippen LogP contribution in [0.15, 0.2) is 23.1 Å². The van der Waals surface area contributed by atoms with E-state index in [-0.39, 0.29) is 4.90 Å². The molecular weight excluding hydrogens is 291 g/mol. The minimum absolute atomic E-state index is 0.211. The van der Waals surface area contributed by atoms with Gasteiger partial charge in [0.1, 0.15) is 10.7 Å². The fraction of sp³-hybridized carbons (Fsp3) is 0.600. The van der Waals surface area contributed by atoms with Crippen LogP contribution in [-0.2, 0) is 16.6 Å². The first kappa shape index (κ1) is 16.4. The molecule has 0 amide bonds. The summed E-state index contributed by atoms with van der Waals surface area (Å²) in [5, 5.41) is 3.09. The normalized spacial score (nSPS) is 18.0. The maximum Gasteiger partial charge on any atom is 0.245 e. The predicted octanol–water partition coefficient (Wildman–Crippen LogP) is 2.36. The Hall–Kier alpha value is -0.980. The minimum atomic E-state index is -3.72. The van der Waals surface area contributed by atoms with Gasteiger partial charge in [0, 0.05) is 19.6 Å².